The molecule has 1 N–H and O–H groups in total. The van der Waals surface area contributed by atoms with Crippen molar-refractivity contribution in [3.8, 4) is 0 Å². The number of amides is 1. The van der Waals surface area contributed by atoms with Crippen LogP contribution in [-0.4, -0.2) is 34.0 Å². The molecule has 1 aromatic carbocycles. The molecule has 0 radical (unpaired) electrons. The number of rotatable bonds is 1. The number of nitrogens with zero attached hydrogens (tertiary/aromatic N) is 2. The second-order valence-corrected chi connectivity index (χ2v) is 5.81. The van der Waals surface area contributed by atoms with Crippen LogP contribution in [0.1, 0.15) is 18.4 Å². The van der Waals surface area contributed by atoms with E-state index in [2.05, 4.69) is 4.98 Å². The van der Waals surface area contributed by atoms with Gasteiger partial charge in [0.05, 0.1) is 10.2 Å². The van der Waals surface area contributed by atoms with E-state index < -0.39 is 0 Å². The van der Waals surface area contributed by atoms with E-state index in [1.54, 1.807) is 11.9 Å². The molecular formula is C14H14N2O2S. The van der Waals surface area contributed by atoms with Crippen molar-refractivity contribution < 1.29 is 9.90 Å². The van der Waals surface area contributed by atoms with Gasteiger partial charge in [0, 0.05) is 19.5 Å². The summed E-state index contributed by atoms with van der Waals surface area (Å²) in [4.78, 5) is 18.4. The van der Waals surface area contributed by atoms with Crippen LogP contribution in [0.4, 0.5) is 0 Å². The van der Waals surface area contributed by atoms with Gasteiger partial charge in [-0.3, -0.25) is 4.79 Å². The zero-order chi connectivity index (χ0) is 13.6. The fourth-order valence-electron chi connectivity index (χ4n) is 2.21. The van der Waals surface area contributed by atoms with Gasteiger partial charge >= 0.3 is 0 Å². The van der Waals surface area contributed by atoms with E-state index in [-0.39, 0.29) is 17.7 Å². The lowest BCUT2D eigenvalue weighted by atomic mass is 10.0. The summed E-state index contributed by atoms with van der Waals surface area (Å²) in [5.41, 5.74) is 1.21. The highest BCUT2D eigenvalue weighted by atomic mass is 32.1. The number of aliphatic hydroxyl groups is 1. The molecule has 19 heavy (non-hydrogen) atoms. The number of fused-ring (bicyclic) bond motifs is 1. The molecule has 0 bridgehead atoms. The first-order valence-corrected chi connectivity index (χ1v) is 6.95. The Morgan fingerprint density at radius 1 is 1.42 bits per heavy atom. The van der Waals surface area contributed by atoms with E-state index in [4.69, 9.17) is 0 Å². The van der Waals surface area contributed by atoms with Crippen molar-refractivity contribution in [3.63, 3.8) is 0 Å². The van der Waals surface area contributed by atoms with Gasteiger partial charge in [0.25, 0.3) is 5.91 Å². The maximum Gasteiger partial charge on any atom is 0.260 e. The number of hydrogen-bond acceptors (Lipinski definition) is 4. The van der Waals surface area contributed by atoms with E-state index in [0.29, 0.717) is 17.0 Å². The van der Waals surface area contributed by atoms with Crippen molar-refractivity contribution in [2.45, 2.75) is 19.4 Å². The van der Waals surface area contributed by atoms with Gasteiger partial charge in [0.15, 0.2) is 0 Å². The summed E-state index contributed by atoms with van der Waals surface area (Å²) in [5.74, 6) is -0.00929. The number of thiazole rings is 1. The van der Waals surface area contributed by atoms with Crippen molar-refractivity contribution in [3.05, 3.63) is 35.0 Å². The lowest BCUT2D eigenvalue weighted by molar-refractivity contribution is -0.126. The van der Waals surface area contributed by atoms with Crippen molar-refractivity contribution in [1.82, 2.24) is 9.88 Å². The Morgan fingerprint density at radius 3 is 2.89 bits per heavy atom. The lowest BCUT2D eigenvalue weighted by Crippen LogP contribution is -2.39. The molecule has 0 saturated carbocycles. The number of carbonyl (C=O) groups is 1. The molecule has 1 atom stereocenters. The van der Waals surface area contributed by atoms with E-state index in [1.165, 1.54) is 11.3 Å². The molecule has 0 fully saturated rings. The summed E-state index contributed by atoms with van der Waals surface area (Å²) in [6.45, 7) is 1.92. The smallest absolute Gasteiger partial charge is 0.260 e. The summed E-state index contributed by atoms with van der Waals surface area (Å²) >= 11 is 1.44. The number of benzene rings is 1. The Labute approximate surface area is 115 Å². The van der Waals surface area contributed by atoms with E-state index in [0.717, 1.165) is 10.2 Å². The lowest BCUT2D eigenvalue weighted by Gasteiger charge is -2.30. The van der Waals surface area contributed by atoms with Crippen LogP contribution in [0.25, 0.3) is 15.8 Å². The summed E-state index contributed by atoms with van der Waals surface area (Å²) in [7, 11) is 1.76. The average Bonchev–Trinajstić information content (AvgIpc) is 2.79. The third-order valence-corrected chi connectivity index (χ3v) is 4.53. The first kappa shape index (κ1) is 12.2. The summed E-state index contributed by atoms with van der Waals surface area (Å²) in [5, 5.41) is 10.7. The van der Waals surface area contributed by atoms with Crippen molar-refractivity contribution in [2.24, 2.45) is 0 Å². The molecule has 2 heterocycles. The van der Waals surface area contributed by atoms with Crippen LogP contribution in [-0.2, 0) is 4.79 Å². The van der Waals surface area contributed by atoms with Crippen LogP contribution in [0.2, 0.25) is 0 Å². The van der Waals surface area contributed by atoms with Crippen molar-refractivity contribution >= 4 is 33.0 Å². The van der Waals surface area contributed by atoms with Gasteiger partial charge in [-0.05, 0) is 19.1 Å². The van der Waals surface area contributed by atoms with Gasteiger partial charge in [0.1, 0.15) is 16.3 Å². The Morgan fingerprint density at radius 2 is 2.16 bits per heavy atom. The predicted molar refractivity (Wildman–Crippen MR) is 76.0 cm³/mol. The molecule has 1 amide bonds. The molecule has 3 rings (SSSR count). The summed E-state index contributed by atoms with van der Waals surface area (Å²) in [6.07, 6.45) is 0.480. The second kappa shape index (κ2) is 4.35. The molecule has 1 aromatic heterocycles. The SMILES string of the molecule is CC1CC(O)=C(c2nc3ccccc3s2)C(=O)N1C. The van der Waals surface area contributed by atoms with Crippen LogP contribution >= 0.6 is 11.3 Å². The summed E-state index contributed by atoms with van der Waals surface area (Å²) in [6, 6.07) is 7.75. The number of aromatic nitrogens is 1. The fraction of sp³-hybridized carbons (Fsp3) is 0.286. The van der Waals surface area contributed by atoms with E-state index in [9.17, 15) is 9.90 Å². The first-order valence-electron chi connectivity index (χ1n) is 6.13. The van der Waals surface area contributed by atoms with Crippen LogP contribution in [0, 0.1) is 0 Å². The molecule has 0 spiro atoms. The normalized spacial score (nSPS) is 20.4. The standard InChI is InChI=1S/C14H14N2O2S/c1-8-7-10(17)12(14(18)16(8)2)13-15-9-5-3-4-6-11(9)19-13/h3-6,8,17H,7H2,1-2H3. The van der Waals surface area contributed by atoms with Gasteiger partial charge in [0.2, 0.25) is 0 Å². The van der Waals surface area contributed by atoms with Gasteiger partial charge in [-0.2, -0.15) is 0 Å². The van der Waals surface area contributed by atoms with E-state index in [1.807, 2.05) is 31.2 Å². The fourth-order valence-corrected chi connectivity index (χ4v) is 3.24. The summed E-state index contributed by atoms with van der Waals surface area (Å²) < 4.78 is 1.02. The number of carbonyl (C=O) groups excluding carboxylic acids is 1. The minimum atomic E-state index is -0.157. The number of para-hydroxylation sites is 1. The Hall–Kier alpha value is -1.88. The first-order chi connectivity index (χ1) is 9.08. The van der Waals surface area contributed by atoms with Gasteiger partial charge < -0.3 is 10.0 Å². The minimum Gasteiger partial charge on any atom is -0.511 e. The Bertz CT molecular complexity index is 657. The Balaban J connectivity index is 2.14. The van der Waals surface area contributed by atoms with Crippen LogP contribution in [0.3, 0.4) is 0 Å². The largest absolute Gasteiger partial charge is 0.511 e. The quantitative estimate of drug-likeness (QED) is 0.870. The maximum absolute atomic E-state index is 12.3. The number of likely N-dealkylation sites (N-methyl/N-ethyl adjacent to an activating group) is 1. The predicted octanol–water partition coefficient (Wildman–Crippen LogP) is 2.82. The topological polar surface area (TPSA) is 53.4 Å². The third-order valence-electron chi connectivity index (χ3n) is 3.48. The molecular weight excluding hydrogens is 260 g/mol. The molecule has 98 valence electrons. The van der Waals surface area contributed by atoms with Crippen LogP contribution in [0.15, 0.2) is 30.0 Å². The zero-order valence-corrected chi connectivity index (χ0v) is 11.6. The zero-order valence-electron chi connectivity index (χ0n) is 10.8. The molecule has 1 aliphatic heterocycles. The Kier molecular flexibility index (Phi) is 2.78. The minimum absolute atomic E-state index is 0.0191. The van der Waals surface area contributed by atoms with Crippen LogP contribution in [0.5, 0.6) is 0 Å². The highest BCUT2D eigenvalue weighted by molar-refractivity contribution is 7.19. The second-order valence-electron chi connectivity index (χ2n) is 4.78. The molecule has 0 aliphatic carbocycles. The number of aliphatic hydroxyl groups excluding tert-OH is 1. The van der Waals surface area contributed by atoms with E-state index >= 15 is 0 Å². The highest BCUT2D eigenvalue weighted by Gasteiger charge is 2.32. The van der Waals surface area contributed by atoms with Crippen molar-refractivity contribution in [1.29, 1.82) is 0 Å². The highest BCUT2D eigenvalue weighted by Crippen LogP contribution is 2.33. The number of hydrogen-bond donors (Lipinski definition) is 1. The van der Waals surface area contributed by atoms with Gasteiger partial charge in [-0.25, -0.2) is 4.98 Å². The maximum atomic E-state index is 12.3. The van der Waals surface area contributed by atoms with Crippen molar-refractivity contribution in [2.75, 3.05) is 7.05 Å². The van der Waals surface area contributed by atoms with Gasteiger partial charge in [-0.15, -0.1) is 11.3 Å². The molecule has 4 nitrogen and oxygen atoms in total. The molecule has 1 aliphatic rings. The molecule has 1 unspecified atom stereocenters. The monoisotopic (exact) mass is 274 g/mol. The average molecular weight is 274 g/mol. The molecule has 0 saturated heterocycles. The van der Waals surface area contributed by atoms with Gasteiger partial charge in [-0.1, -0.05) is 12.1 Å². The van der Waals surface area contributed by atoms with Crippen LogP contribution < -0.4 is 0 Å². The molecule has 2 aromatic rings. The molecule has 5 heteroatoms. The third kappa shape index (κ3) is 1.90.